The van der Waals surface area contributed by atoms with Crippen LogP contribution in [0.15, 0.2) is 11.6 Å². The molecule has 1 heterocycles. The lowest BCUT2D eigenvalue weighted by atomic mass is 9.94. The van der Waals surface area contributed by atoms with Gasteiger partial charge in [-0.25, -0.2) is 0 Å². The Morgan fingerprint density at radius 1 is 1.32 bits per heavy atom. The van der Waals surface area contributed by atoms with Crippen molar-refractivity contribution < 1.29 is 27.9 Å². The van der Waals surface area contributed by atoms with Crippen LogP contribution < -0.4 is 0 Å². The first-order chi connectivity index (χ1) is 8.64. The highest BCUT2D eigenvalue weighted by molar-refractivity contribution is 5.84. The fourth-order valence-corrected chi connectivity index (χ4v) is 1.84. The van der Waals surface area contributed by atoms with Crippen LogP contribution in [-0.2, 0) is 9.59 Å². The van der Waals surface area contributed by atoms with Gasteiger partial charge < -0.3 is 10.0 Å². The summed E-state index contributed by atoms with van der Waals surface area (Å²) in [6.45, 7) is 2.74. The Balaban J connectivity index is 2.68. The summed E-state index contributed by atoms with van der Waals surface area (Å²) in [7, 11) is 0. The molecule has 0 saturated carbocycles. The molecule has 1 N–H and O–H groups in total. The predicted octanol–water partition coefficient (Wildman–Crippen LogP) is 2.06. The fourth-order valence-electron chi connectivity index (χ4n) is 1.84. The second kappa shape index (κ2) is 5.63. The number of carboxylic acid groups (broad SMARTS) is 1. The standard InChI is InChI=1S/C12H16F3NO3/c1-7(8(2)11(18)19)10(17)16-5-3-9(4-6-16)12(13,14)15/h3,7-8H,4-6H2,1-2H3,(H,18,19). The Bertz CT molecular complexity index is 404. The molecule has 0 aromatic heterocycles. The number of hydrogen-bond donors (Lipinski definition) is 1. The topological polar surface area (TPSA) is 57.6 Å². The van der Waals surface area contributed by atoms with Crippen molar-refractivity contribution in [1.82, 2.24) is 4.90 Å². The number of alkyl halides is 3. The zero-order chi connectivity index (χ0) is 14.8. The summed E-state index contributed by atoms with van der Waals surface area (Å²) in [6.07, 6.45) is -3.61. The molecule has 1 aliphatic rings. The second-order valence-corrected chi connectivity index (χ2v) is 4.68. The molecule has 0 bridgehead atoms. The molecule has 0 radical (unpaired) electrons. The number of rotatable bonds is 3. The summed E-state index contributed by atoms with van der Waals surface area (Å²) in [5.74, 6) is -3.13. The minimum absolute atomic E-state index is 0.0269. The molecule has 0 fully saturated rings. The molecule has 1 amide bonds. The minimum atomic E-state index is -4.35. The van der Waals surface area contributed by atoms with E-state index in [1.807, 2.05) is 0 Å². The molecule has 1 aliphatic heterocycles. The summed E-state index contributed by atoms with van der Waals surface area (Å²) in [5, 5.41) is 8.82. The number of carbonyl (C=O) groups is 2. The van der Waals surface area contributed by atoms with Crippen LogP contribution in [-0.4, -0.2) is 41.1 Å². The first-order valence-electron chi connectivity index (χ1n) is 5.92. The molecule has 0 spiro atoms. The molecule has 0 aromatic rings. The van der Waals surface area contributed by atoms with Gasteiger partial charge in [0.05, 0.1) is 5.92 Å². The number of carbonyl (C=O) groups excluding carboxylic acids is 1. The second-order valence-electron chi connectivity index (χ2n) is 4.68. The van der Waals surface area contributed by atoms with E-state index >= 15 is 0 Å². The van der Waals surface area contributed by atoms with Crippen molar-refractivity contribution in [2.75, 3.05) is 13.1 Å². The molecule has 108 valence electrons. The van der Waals surface area contributed by atoms with E-state index in [9.17, 15) is 22.8 Å². The monoisotopic (exact) mass is 279 g/mol. The van der Waals surface area contributed by atoms with Crippen molar-refractivity contribution >= 4 is 11.9 Å². The van der Waals surface area contributed by atoms with Crippen LogP contribution in [0.5, 0.6) is 0 Å². The van der Waals surface area contributed by atoms with Crippen molar-refractivity contribution in [2.45, 2.75) is 26.4 Å². The smallest absolute Gasteiger partial charge is 0.412 e. The van der Waals surface area contributed by atoms with Gasteiger partial charge >= 0.3 is 12.1 Å². The molecule has 0 aliphatic carbocycles. The zero-order valence-corrected chi connectivity index (χ0v) is 10.7. The van der Waals surface area contributed by atoms with Gasteiger partial charge in [-0.2, -0.15) is 13.2 Å². The van der Waals surface area contributed by atoms with E-state index in [1.54, 1.807) is 0 Å². The summed E-state index contributed by atoms with van der Waals surface area (Å²) in [6, 6.07) is 0. The number of halogens is 3. The van der Waals surface area contributed by atoms with Crippen molar-refractivity contribution in [1.29, 1.82) is 0 Å². The molecule has 19 heavy (non-hydrogen) atoms. The highest BCUT2D eigenvalue weighted by Gasteiger charge is 2.37. The number of carboxylic acids is 1. The average molecular weight is 279 g/mol. The highest BCUT2D eigenvalue weighted by atomic mass is 19.4. The SMILES string of the molecule is CC(C(=O)O)C(C)C(=O)N1CC=C(C(F)(F)F)CC1. The van der Waals surface area contributed by atoms with Gasteiger partial charge in [-0.05, 0) is 6.42 Å². The molecular formula is C12H16F3NO3. The van der Waals surface area contributed by atoms with Crippen LogP contribution >= 0.6 is 0 Å². The number of nitrogens with zero attached hydrogens (tertiary/aromatic N) is 1. The van der Waals surface area contributed by atoms with Gasteiger partial charge in [-0.1, -0.05) is 19.9 Å². The Morgan fingerprint density at radius 3 is 2.26 bits per heavy atom. The van der Waals surface area contributed by atoms with Crippen LogP contribution in [0.4, 0.5) is 13.2 Å². The molecule has 2 atom stereocenters. The van der Waals surface area contributed by atoms with Gasteiger partial charge in [0.1, 0.15) is 0 Å². The van der Waals surface area contributed by atoms with Crippen LogP contribution in [0, 0.1) is 11.8 Å². The first-order valence-corrected chi connectivity index (χ1v) is 5.92. The summed E-state index contributed by atoms with van der Waals surface area (Å²) < 4.78 is 37.2. The van der Waals surface area contributed by atoms with Crippen LogP contribution in [0.1, 0.15) is 20.3 Å². The van der Waals surface area contributed by atoms with E-state index in [2.05, 4.69) is 0 Å². The molecule has 0 saturated heterocycles. The van der Waals surface area contributed by atoms with Crippen LogP contribution in [0.2, 0.25) is 0 Å². The first kappa shape index (κ1) is 15.5. The van der Waals surface area contributed by atoms with Crippen molar-refractivity contribution in [2.24, 2.45) is 11.8 Å². The van der Waals surface area contributed by atoms with Gasteiger partial charge in [0.25, 0.3) is 0 Å². The third kappa shape index (κ3) is 3.71. The zero-order valence-electron chi connectivity index (χ0n) is 10.7. The lowest BCUT2D eigenvalue weighted by Gasteiger charge is -2.30. The molecule has 2 unspecified atom stereocenters. The van der Waals surface area contributed by atoms with Crippen LogP contribution in [0.25, 0.3) is 0 Å². The predicted molar refractivity (Wildman–Crippen MR) is 61.3 cm³/mol. The molecule has 1 rings (SSSR count). The number of amides is 1. The Morgan fingerprint density at radius 2 is 1.89 bits per heavy atom. The maximum absolute atomic E-state index is 12.4. The third-order valence-electron chi connectivity index (χ3n) is 3.41. The molecule has 4 nitrogen and oxygen atoms in total. The number of aliphatic carboxylic acids is 1. The summed E-state index contributed by atoms with van der Waals surface area (Å²) in [4.78, 5) is 24.0. The lowest BCUT2D eigenvalue weighted by molar-refractivity contribution is -0.149. The summed E-state index contributed by atoms with van der Waals surface area (Å²) >= 11 is 0. The Labute approximate surface area is 108 Å². The highest BCUT2D eigenvalue weighted by Crippen LogP contribution is 2.30. The van der Waals surface area contributed by atoms with Gasteiger partial charge in [0, 0.05) is 24.6 Å². The summed E-state index contributed by atoms with van der Waals surface area (Å²) in [5.41, 5.74) is -0.629. The molecule has 0 aromatic carbocycles. The van der Waals surface area contributed by atoms with Crippen LogP contribution in [0.3, 0.4) is 0 Å². The van der Waals surface area contributed by atoms with E-state index in [0.717, 1.165) is 6.08 Å². The molecule has 7 heteroatoms. The maximum Gasteiger partial charge on any atom is 0.412 e. The average Bonchev–Trinajstić information content (AvgIpc) is 2.35. The van der Waals surface area contributed by atoms with Crippen molar-refractivity contribution in [3.05, 3.63) is 11.6 Å². The van der Waals surface area contributed by atoms with Gasteiger partial charge in [0.2, 0.25) is 5.91 Å². The van der Waals surface area contributed by atoms with E-state index in [-0.39, 0.29) is 19.5 Å². The maximum atomic E-state index is 12.4. The Kier molecular flexibility index (Phi) is 4.60. The number of hydrogen-bond acceptors (Lipinski definition) is 2. The van der Waals surface area contributed by atoms with Gasteiger partial charge in [0.15, 0.2) is 0 Å². The fraction of sp³-hybridized carbons (Fsp3) is 0.667. The largest absolute Gasteiger partial charge is 0.481 e. The lowest BCUT2D eigenvalue weighted by Crippen LogP contribution is -2.42. The van der Waals surface area contributed by atoms with E-state index in [1.165, 1.54) is 18.7 Å². The molecular weight excluding hydrogens is 263 g/mol. The van der Waals surface area contributed by atoms with Gasteiger partial charge in [-0.3, -0.25) is 9.59 Å². The Hall–Kier alpha value is -1.53. The normalized spacial score (nSPS) is 19.6. The van der Waals surface area contributed by atoms with E-state index in [4.69, 9.17) is 5.11 Å². The minimum Gasteiger partial charge on any atom is -0.481 e. The van der Waals surface area contributed by atoms with E-state index in [0.29, 0.717) is 0 Å². The van der Waals surface area contributed by atoms with Gasteiger partial charge in [-0.15, -0.1) is 0 Å². The quantitative estimate of drug-likeness (QED) is 0.804. The van der Waals surface area contributed by atoms with Crippen molar-refractivity contribution in [3.63, 3.8) is 0 Å². The van der Waals surface area contributed by atoms with E-state index < -0.39 is 35.5 Å². The third-order valence-corrected chi connectivity index (χ3v) is 3.41. The van der Waals surface area contributed by atoms with Crippen molar-refractivity contribution in [3.8, 4) is 0 Å².